The lowest BCUT2D eigenvalue weighted by Crippen LogP contribution is -2.19. The zero-order chi connectivity index (χ0) is 24.3. The lowest BCUT2D eigenvalue weighted by Gasteiger charge is -2.32. The quantitative estimate of drug-likeness (QED) is 0.0989. The summed E-state index contributed by atoms with van der Waals surface area (Å²) in [6, 6.07) is 3.69. The van der Waals surface area contributed by atoms with Crippen LogP contribution in [-0.4, -0.2) is 16.3 Å². The molecule has 0 bridgehead atoms. The topological polar surface area (TPSA) is 106 Å². The molecule has 0 atom stereocenters. The smallest absolute Gasteiger partial charge is 0.312 e. The lowest BCUT2D eigenvalue weighted by atomic mass is 9.72. The Balaban J connectivity index is 0.000000389. The molecule has 0 aliphatic heterocycles. The number of phenols is 1. The van der Waals surface area contributed by atoms with Crippen molar-refractivity contribution in [1.29, 1.82) is 0 Å². The van der Waals surface area contributed by atoms with E-state index < -0.39 is 4.92 Å². The van der Waals surface area contributed by atoms with Crippen LogP contribution in [-0.2, 0) is 4.79 Å². The number of nitrogens with zero attached hydrogens (tertiary/aromatic N) is 1. The molecular formula is C26H34N2O4. The molecule has 0 saturated carbocycles. The fourth-order valence-corrected chi connectivity index (χ4v) is 3.48. The number of hydrogen-bond acceptors (Lipinski definition) is 5. The van der Waals surface area contributed by atoms with Crippen LogP contribution in [0.3, 0.4) is 0 Å². The first kappa shape index (κ1) is 26.6. The van der Waals surface area contributed by atoms with Crippen LogP contribution in [0.4, 0.5) is 11.4 Å². The molecule has 6 heteroatoms. The van der Waals surface area contributed by atoms with Crippen LogP contribution in [0.2, 0.25) is 0 Å². The molecule has 0 aromatic heterocycles. The fourth-order valence-electron chi connectivity index (χ4n) is 3.48. The van der Waals surface area contributed by atoms with Crippen molar-refractivity contribution in [3.8, 4) is 5.75 Å². The van der Waals surface area contributed by atoms with Gasteiger partial charge >= 0.3 is 5.69 Å². The maximum Gasteiger partial charge on any atom is 0.312 e. The molecule has 0 radical (unpaired) electrons. The van der Waals surface area contributed by atoms with Gasteiger partial charge in [-0.15, -0.1) is 0 Å². The van der Waals surface area contributed by atoms with Crippen molar-refractivity contribution in [3.05, 3.63) is 87.1 Å². The normalized spacial score (nSPS) is 16.8. The van der Waals surface area contributed by atoms with E-state index in [1.54, 1.807) is 6.08 Å². The van der Waals surface area contributed by atoms with Gasteiger partial charge in [0.1, 0.15) is 6.29 Å². The van der Waals surface area contributed by atoms with Crippen LogP contribution >= 0.6 is 0 Å². The van der Waals surface area contributed by atoms with Crippen LogP contribution in [0.15, 0.2) is 76.9 Å². The second kappa shape index (κ2) is 12.4. The fraction of sp³-hybridized carbons (Fsp3) is 0.346. The number of anilines is 1. The third kappa shape index (κ3) is 8.76. The summed E-state index contributed by atoms with van der Waals surface area (Å²) in [6.45, 7) is 10.9. The van der Waals surface area contributed by atoms with Gasteiger partial charge in [-0.05, 0) is 74.8 Å². The van der Waals surface area contributed by atoms with Gasteiger partial charge in [-0.1, -0.05) is 55.4 Å². The predicted molar refractivity (Wildman–Crippen MR) is 131 cm³/mol. The van der Waals surface area contributed by atoms with Gasteiger partial charge in [-0.25, -0.2) is 0 Å². The van der Waals surface area contributed by atoms with E-state index in [2.05, 4.69) is 45.9 Å². The van der Waals surface area contributed by atoms with Crippen molar-refractivity contribution in [2.75, 3.05) is 5.73 Å². The second-order valence-electron chi connectivity index (χ2n) is 8.59. The molecule has 0 amide bonds. The van der Waals surface area contributed by atoms with Gasteiger partial charge < -0.3 is 10.8 Å². The van der Waals surface area contributed by atoms with E-state index in [-0.39, 0.29) is 22.5 Å². The van der Waals surface area contributed by atoms with Crippen LogP contribution in [0.1, 0.15) is 53.9 Å². The maximum atomic E-state index is 10.3. The van der Waals surface area contributed by atoms with Crippen molar-refractivity contribution >= 4 is 17.7 Å². The van der Waals surface area contributed by atoms with E-state index in [1.807, 2.05) is 19.1 Å². The molecule has 32 heavy (non-hydrogen) atoms. The molecule has 0 fully saturated rings. The monoisotopic (exact) mass is 438 g/mol. The number of nitro benzene ring substituents is 1. The van der Waals surface area contributed by atoms with E-state index in [0.29, 0.717) is 0 Å². The molecule has 3 N–H and O–H groups in total. The Kier molecular flexibility index (Phi) is 10.4. The summed E-state index contributed by atoms with van der Waals surface area (Å²) in [6.07, 6.45) is 16.6. The molecule has 0 saturated heterocycles. The number of aromatic hydroxyl groups is 1. The summed E-state index contributed by atoms with van der Waals surface area (Å²) in [5.74, 6) is -0.371. The number of phenolic OH excluding ortho intramolecular Hbond substituents is 1. The summed E-state index contributed by atoms with van der Waals surface area (Å²) in [5.41, 5.74) is 10.6. The average molecular weight is 439 g/mol. The zero-order valence-electron chi connectivity index (χ0n) is 19.6. The highest BCUT2D eigenvalue weighted by Crippen LogP contribution is 2.40. The van der Waals surface area contributed by atoms with Gasteiger partial charge in [0.25, 0.3) is 0 Å². The van der Waals surface area contributed by atoms with E-state index in [0.717, 1.165) is 17.9 Å². The Morgan fingerprint density at radius 1 is 1.19 bits per heavy atom. The number of benzene rings is 1. The number of allylic oxidation sites excluding steroid dienone is 10. The third-order valence-electron chi connectivity index (χ3n) is 5.30. The van der Waals surface area contributed by atoms with Crippen molar-refractivity contribution in [2.45, 2.75) is 53.9 Å². The van der Waals surface area contributed by atoms with Gasteiger partial charge in [-0.2, -0.15) is 0 Å². The molecule has 1 aromatic rings. The second-order valence-corrected chi connectivity index (χ2v) is 8.59. The molecular weight excluding hydrogens is 404 g/mol. The summed E-state index contributed by atoms with van der Waals surface area (Å²) in [5, 5.41) is 19.1. The van der Waals surface area contributed by atoms with Crippen molar-refractivity contribution < 1.29 is 14.8 Å². The highest BCUT2D eigenvalue weighted by atomic mass is 16.6. The highest BCUT2D eigenvalue weighted by Gasteiger charge is 2.26. The zero-order valence-corrected chi connectivity index (χ0v) is 19.6. The van der Waals surface area contributed by atoms with Crippen LogP contribution in [0.25, 0.3) is 0 Å². The van der Waals surface area contributed by atoms with E-state index in [4.69, 9.17) is 10.8 Å². The average Bonchev–Trinajstić information content (AvgIpc) is 2.69. The molecule has 1 aliphatic rings. The Bertz CT molecular complexity index is 980. The highest BCUT2D eigenvalue weighted by molar-refractivity contribution is 5.67. The third-order valence-corrected chi connectivity index (χ3v) is 5.30. The van der Waals surface area contributed by atoms with Crippen molar-refractivity contribution in [1.82, 2.24) is 0 Å². The predicted octanol–water partition coefficient (Wildman–Crippen LogP) is 6.60. The van der Waals surface area contributed by atoms with E-state index in [1.165, 1.54) is 48.1 Å². The largest absolute Gasteiger partial charge is 0.502 e. The first-order valence-corrected chi connectivity index (χ1v) is 10.6. The van der Waals surface area contributed by atoms with Gasteiger partial charge in [0, 0.05) is 11.8 Å². The van der Waals surface area contributed by atoms with Gasteiger partial charge in [0.15, 0.2) is 5.75 Å². The van der Waals surface area contributed by atoms with Gasteiger partial charge in [-0.3, -0.25) is 14.9 Å². The van der Waals surface area contributed by atoms with Gasteiger partial charge in [0.05, 0.1) is 4.92 Å². The minimum absolute atomic E-state index is 0.259. The van der Waals surface area contributed by atoms with Crippen LogP contribution in [0.5, 0.6) is 5.75 Å². The Morgan fingerprint density at radius 2 is 1.84 bits per heavy atom. The number of hydrogen-bond donors (Lipinski definition) is 2. The molecule has 2 rings (SSSR count). The first-order valence-electron chi connectivity index (χ1n) is 10.6. The number of nitro groups is 1. The minimum atomic E-state index is -0.689. The SMILES string of the molecule is CC1=C(/C=C/C(C)=C/C=C/C(C)=C/C=O)C(C)(C)CCC1.Nc1ccc(O)c([N+](=O)[O-])c1. The number of carbonyl (C=O) groups is 1. The molecule has 1 aromatic carbocycles. The number of nitrogen functional groups attached to an aromatic ring is 1. The first-order chi connectivity index (χ1) is 15.0. The summed E-state index contributed by atoms with van der Waals surface area (Å²) >= 11 is 0. The maximum absolute atomic E-state index is 10.3. The number of rotatable bonds is 6. The summed E-state index contributed by atoms with van der Waals surface area (Å²) in [7, 11) is 0. The summed E-state index contributed by atoms with van der Waals surface area (Å²) < 4.78 is 0. The number of carbonyl (C=O) groups excluding carboxylic acids is 1. The van der Waals surface area contributed by atoms with E-state index in [9.17, 15) is 14.9 Å². The minimum Gasteiger partial charge on any atom is -0.502 e. The number of nitrogens with two attached hydrogens (primary N) is 1. The number of aldehydes is 1. The molecule has 1 aliphatic carbocycles. The molecule has 0 heterocycles. The molecule has 172 valence electrons. The summed E-state index contributed by atoms with van der Waals surface area (Å²) in [4.78, 5) is 19.8. The van der Waals surface area contributed by atoms with E-state index >= 15 is 0 Å². The molecule has 6 nitrogen and oxygen atoms in total. The lowest BCUT2D eigenvalue weighted by molar-refractivity contribution is -0.385. The molecule has 0 unspecified atom stereocenters. The van der Waals surface area contributed by atoms with Crippen molar-refractivity contribution in [3.63, 3.8) is 0 Å². The standard InChI is InChI=1S/C20H28O.C6H6N2O3/c1-16(8-6-9-17(2)13-15-21)11-12-19-18(3)10-7-14-20(19,4)5;7-4-1-2-6(9)5(3-4)8(10)11/h6,8-9,11-13,15H,7,10,14H2,1-5H3;1-3,9H,7H2/b9-6+,12-11+,16-8+,17-13+;. The Labute approximate surface area is 190 Å². The molecule has 0 spiro atoms. The Morgan fingerprint density at radius 3 is 2.41 bits per heavy atom. The van der Waals surface area contributed by atoms with Crippen LogP contribution < -0.4 is 5.73 Å². The van der Waals surface area contributed by atoms with Crippen LogP contribution in [0, 0.1) is 15.5 Å². The Hall–Kier alpha value is -3.41. The van der Waals surface area contributed by atoms with Gasteiger partial charge in [0.2, 0.25) is 0 Å². The van der Waals surface area contributed by atoms with Crippen molar-refractivity contribution in [2.24, 2.45) is 5.41 Å².